The van der Waals surface area contributed by atoms with Gasteiger partial charge in [-0.2, -0.15) is 0 Å². The van der Waals surface area contributed by atoms with Crippen LogP contribution in [0.15, 0.2) is 36.4 Å². The lowest BCUT2D eigenvalue weighted by Crippen LogP contribution is -2.37. The smallest absolute Gasteiger partial charge is 0.296 e. The summed E-state index contributed by atoms with van der Waals surface area (Å²) in [7, 11) is 1.30. The first kappa shape index (κ1) is 27.7. The Kier molecular flexibility index (Phi) is 8.99. The molecular weight excluding hydrogens is 502 g/mol. The van der Waals surface area contributed by atoms with Crippen LogP contribution in [0.1, 0.15) is 20.7 Å². The summed E-state index contributed by atoms with van der Waals surface area (Å²) in [5.74, 6) is -1.55. The quantitative estimate of drug-likeness (QED) is 0.176. The molecule has 0 spiro atoms. The molecule has 15 heteroatoms. The molecule has 0 saturated carbocycles. The van der Waals surface area contributed by atoms with Crippen molar-refractivity contribution in [3.05, 3.63) is 67.8 Å². The Morgan fingerprint density at radius 1 is 0.947 bits per heavy atom. The van der Waals surface area contributed by atoms with E-state index < -0.39 is 21.7 Å². The number of hydrogen-bond acceptors (Lipinski definition) is 11. The van der Waals surface area contributed by atoms with E-state index in [0.717, 1.165) is 12.1 Å². The molecule has 38 heavy (non-hydrogen) atoms. The summed E-state index contributed by atoms with van der Waals surface area (Å²) < 4.78 is 10.5. The molecule has 1 heterocycles. The zero-order chi connectivity index (χ0) is 27.8. The summed E-state index contributed by atoms with van der Waals surface area (Å²) in [6.45, 7) is 2.10. The van der Waals surface area contributed by atoms with Crippen molar-refractivity contribution in [3.8, 4) is 5.75 Å². The Morgan fingerprint density at radius 2 is 1.45 bits per heavy atom. The highest BCUT2D eigenvalue weighted by Crippen LogP contribution is 2.37. The number of rotatable bonds is 12. The summed E-state index contributed by atoms with van der Waals surface area (Å²) >= 11 is 0. The van der Waals surface area contributed by atoms with Crippen molar-refractivity contribution < 1.29 is 28.9 Å². The molecule has 2 aromatic rings. The van der Waals surface area contributed by atoms with Gasteiger partial charge in [0.25, 0.3) is 11.4 Å². The van der Waals surface area contributed by atoms with E-state index in [-0.39, 0.29) is 52.7 Å². The van der Waals surface area contributed by atoms with Gasteiger partial charge in [0, 0.05) is 49.4 Å². The second kappa shape index (κ2) is 12.4. The molecule has 1 fully saturated rings. The number of methoxy groups -OCH3 is 1. The minimum atomic E-state index is -0.835. The minimum Gasteiger partial charge on any atom is -0.494 e. The molecule has 1 saturated heterocycles. The molecule has 0 atom stereocenters. The number of carbonyl (C=O) groups is 2. The number of carbonyl (C=O) groups excluding carboxylic acids is 2. The van der Waals surface area contributed by atoms with Crippen LogP contribution in [-0.2, 0) is 4.74 Å². The van der Waals surface area contributed by atoms with Crippen LogP contribution in [0.3, 0.4) is 0 Å². The van der Waals surface area contributed by atoms with Crippen molar-refractivity contribution in [3.63, 3.8) is 0 Å². The Labute approximate surface area is 216 Å². The maximum absolute atomic E-state index is 11.8. The van der Waals surface area contributed by atoms with Crippen LogP contribution in [0.5, 0.6) is 5.75 Å². The van der Waals surface area contributed by atoms with Crippen molar-refractivity contribution in [2.75, 3.05) is 62.0 Å². The van der Waals surface area contributed by atoms with Gasteiger partial charge in [-0.3, -0.25) is 29.8 Å². The van der Waals surface area contributed by atoms with E-state index in [4.69, 9.17) is 20.9 Å². The first-order valence-corrected chi connectivity index (χ1v) is 11.4. The van der Waals surface area contributed by atoms with E-state index in [0.29, 0.717) is 32.0 Å². The molecule has 0 aliphatic carbocycles. The third-order valence-corrected chi connectivity index (χ3v) is 5.67. The molecule has 15 nitrogen and oxygen atoms in total. The number of primary amides is 2. The van der Waals surface area contributed by atoms with Crippen molar-refractivity contribution in [1.82, 2.24) is 0 Å². The first-order chi connectivity index (χ1) is 18.1. The van der Waals surface area contributed by atoms with Crippen LogP contribution in [0.25, 0.3) is 0 Å². The summed E-state index contributed by atoms with van der Waals surface area (Å²) in [6, 6.07) is 4.99. The molecule has 3 rings (SSSR count). The first-order valence-electron chi connectivity index (χ1n) is 11.4. The molecule has 0 bridgehead atoms. The van der Waals surface area contributed by atoms with Crippen LogP contribution in [0, 0.1) is 20.2 Å². The predicted molar refractivity (Wildman–Crippen MR) is 139 cm³/mol. The number of nitrogens with two attached hydrogens (primary N) is 2. The topological polar surface area (TPSA) is 218 Å². The lowest BCUT2D eigenvalue weighted by Gasteiger charge is -2.30. The number of nitrogens with one attached hydrogen (secondary N) is 2. The standard InChI is InChI=1S/C23H27N7O8/c1-37-19-13-15(23(25)32)12-18(30(35)36)21(19)27-5-3-2-4-26-20-16(28-6-8-38-9-7-28)10-14(22(24)31)11-17(20)29(33)34/h2-3,10-13,26-27H,4-9H2,1H3,(H2,24,31)(H2,25,32)/b3-2+. The molecule has 1 aliphatic rings. The fourth-order valence-electron chi connectivity index (χ4n) is 3.85. The number of amides is 2. The Morgan fingerprint density at radius 3 is 1.95 bits per heavy atom. The maximum Gasteiger partial charge on any atom is 0.296 e. The lowest BCUT2D eigenvalue weighted by molar-refractivity contribution is -0.384. The van der Waals surface area contributed by atoms with Crippen molar-refractivity contribution in [2.45, 2.75) is 0 Å². The molecule has 2 aromatic carbocycles. The average Bonchev–Trinajstić information content (AvgIpc) is 2.90. The van der Waals surface area contributed by atoms with E-state index >= 15 is 0 Å². The molecule has 2 amide bonds. The molecule has 0 aromatic heterocycles. The molecule has 202 valence electrons. The van der Waals surface area contributed by atoms with Gasteiger partial charge in [0.2, 0.25) is 11.8 Å². The van der Waals surface area contributed by atoms with Gasteiger partial charge in [-0.1, -0.05) is 12.2 Å². The van der Waals surface area contributed by atoms with Crippen LogP contribution >= 0.6 is 0 Å². The van der Waals surface area contributed by atoms with E-state index in [1.807, 2.05) is 4.90 Å². The number of ether oxygens (including phenoxy) is 2. The minimum absolute atomic E-state index is 0.0152. The number of hydrogen-bond donors (Lipinski definition) is 4. The fourth-order valence-corrected chi connectivity index (χ4v) is 3.85. The fraction of sp³-hybridized carbons (Fsp3) is 0.304. The number of nitrogens with zero attached hydrogens (tertiary/aromatic N) is 3. The molecule has 6 N–H and O–H groups in total. The van der Waals surface area contributed by atoms with E-state index in [9.17, 15) is 29.8 Å². The summed E-state index contributed by atoms with van der Waals surface area (Å²) in [5, 5.41) is 29.2. The van der Waals surface area contributed by atoms with Gasteiger partial charge in [0.05, 0.1) is 35.9 Å². The number of anilines is 3. The van der Waals surface area contributed by atoms with Crippen LogP contribution < -0.4 is 31.7 Å². The van der Waals surface area contributed by atoms with Crippen molar-refractivity contribution >= 4 is 40.3 Å². The highest BCUT2D eigenvalue weighted by molar-refractivity contribution is 5.98. The number of morpholine rings is 1. The second-order valence-electron chi connectivity index (χ2n) is 8.04. The number of benzene rings is 2. The maximum atomic E-state index is 11.8. The Bertz CT molecular complexity index is 1270. The van der Waals surface area contributed by atoms with Crippen LogP contribution in [-0.4, -0.2) is 68.2 Å². The highest BCUT2D eigenvalue weighted by atomic mass is 16.6. The van der Waals surface area contributed by atoms with Crippen LogP contribution in [0.4, 0.5) is 28.4 Å². The third kappa shape index (κ3) is 6.44. The van der Waals surface area contributed by atoms with Crippen LogP contribution in [0.2, 0.25) is 0 Å². The molecule has 0 radical (unpaired) electrons. The van der Waals surface area contributed by atoms with Gasteiger partial charge in [-0.25, -0.2) is 0 Å². The molecule has 1 aliphatic heterocycles. The van der Waals surface area contributed by atoms with Crippen molar-refractivity contribution in [2.24, 2.45) is 11.5 Å². The number of nitro benzene ring substituents is 2. The SMILES string of the molecule is COc1cc(C(N)=O)cc([N+](=O)[O-])c1NC/C=C/CNc1c(N2CCOCC2)cc(C(N)=O)cc1[N+](=O)[O-]. The van der Waals surface area contributed by atoms with Gasteiger partial charge in [0.1, 0.15) is 11.4 Å². The Hall–Kier alpha value is -4.92. The monoisotopic (exact) mass is 529 g/mol. The summed E-state index contributed by atoms with van der Waals surface area (Å²) in [5.41, 5.74) is 10.6. The van der Waals surface area contributed by atoms with Gasteiger partial charge >= 0.3 is 0 Å². The zero-order valence-corrected chi connectivity index (χ0v) is 20.5. The van der Waals surface area contributed by atoms with Gasteiger partial charge in [-0.05, 0) is 12.1 Å². The van der Waals surface area contributed by atoms with Gasteiger partial charge in [-0.15, -0.1) is 0 Å². The summed E-state index contributed by atoms with van der Waals surface area (Å²) in [6.07, 6.45) is 3.31. The Balaban J connectivity index is 1.78. The highest BCUT2D eigenvalue weighted by Gasteiger charge is 2.25. The molecular formula is C23H27N7O8. The second-order valence-corrected chi connectivity index (χ2v) is 8.04. The van der Waals surface area contributed by atoms with Gasteiger partial charge in [0.15, 0.2) is 5.69 Å². The largest absolute Gasteiger partial charge is 0.494 e. The van der Waals surface area contributed by atoms with Gasteiger partial charge < -0.3 is 36.5 Å². The van der Waals surface area contributed by atoms with E-state index in [2.05, 4.69) is 10.6 Å². The summed E-state index contributed by atoms with van der Waals surface area (Å²) in [4.78, 5) is 47.2. The van der Waals surface area contributed by atoms with E-state index in [1.165, 1.54) is 19.2 Å². The third-order valence-electron chi connectivity index (χ3n) is 5.67. The normalized spacial score (nSPS) is 13.2. The molecule has 0 unspecified atom stereocenters. The average molecular weight is 530 g/mol. The lowest BCUT2D eigenvalue weighted by atomic mass is 10.1. The number of nitro groups is 2. The zero-order valence-electron chi connectivity index (χ0n) is 20.5. The van der Waals surface area contributed by atoms with E-state index in [1.54, 1.807) is 12.2 Å². The van der Waals surface area contributed by atoms with Crippen molar-refractivity contribution in [1.29, 1.82) is 0 Å². The predicted octanol–water partition coefficient (Wildman–Crippen LogP) is 1.63.